The Kier molecular flexibility index (Phi) is 2.98. The van der Waals surface area contributed by atoms with E-state index < -0.39 is 0 Å². The largest absolute Gasteiger partial charge is 0.387 e. The zero-order valence-corrected chi connectivity index (χ0v) is 10.4. The van der Waals surface area contributed by atoms with E-state index in [0.717, 1.165) is 18.2 Å². The SMILES string of the molecule is Fc1cccc2nc(NCC3=CC=CNC3)sc12. The molecule has 1 aromatic carbocycles. The summed E-state index contributed by atoms with van der Waals surface area (Å²) >= 11 is 1.35. The van der Waals surface area contributed by atoms with Gasteiger partial charge in [0.1, 0.15) is 5.82 Å². The maximum atomic E-state index is 13.5. The van der Waals surface area contributed by atoms with Crippen molar-refractivity contribution in [2.75, 3.05) is 18.4 Å². The lowest BCUT2D eigenvalue weighted by Crippen LogP contribution is -2.18. The summed E-state index contributed by atoms with van der Waals surface area (Å²) in [6.45, 7) is 1.56. The first-order valence-corrected chi connectivity index (χ1v) is 6.51. The third-order valence-corrected chi connectivity index (χ3v) is 3.75. The van der Waals surface area contributed by atoms with Crippen LogP contribution in [0.25, 0.3) is 10.2 Å². The molecule has 1 aliphatic rings. The number of fused-ring (bicyclic) bond motifs is 1. The Hall–Kier alpha value is -1.88. The van der Waals surface area contributed by atoms with Crippen LogP contribution in [0.3, 0.4) is 0 Å². The van der Waals surface area contributed by atoms with E-state index in [9.17, 15) is 4.39 Å². The van der Waals surface area contributed by atoms with Gasteiger partial charge in [-0.25, -0.2) is 9.37 Å². The lowest BCUT2D eigenvalue weighted by atomic mass is 10.2. The number of nitrogens with zero attached hydrogens (tertiary/aromatic N) is 1. The highest BCUT2D eigenvalue weighted by atomic mass is 32.1. The predicted molar refractivity (Wildman–Crippen MR) is 73.3 cm³/mol. The second kappa shape index (κ2) is 4.78. The number of aromatic nitrogens is 1. The van der Waals surface area contributed by atoms with E-state index in [-0.39, 0.29) is 5.82 Å². The number of hydrogen-bond donors (Lipinski definition) is 2. The highest BCUT2D eigenvalue weighted by molar-refractivity contribution is 7.22. The average Bonchev–Trinajstić information content (AvgIpc) is 2.82. The van der Waals surface area contributed by atoms with Gasteiger partial charge >= 0.3 is 0 Å². The minimum absolute atomic E-state index is 0.209. The Labute approximate surface area is 108 Å². The quantitative estimate of drug-likeness (QED) is 0.892. The summed E-state index contributed by atoms with van der Waals surface area (Å²) in [6, 6.07) is 4.96. The van der Waals surface area contributed by atoms with Crippen molar-refractivity contribution in [1.82, 2.24) is 10.3 Å². The summed E-state index contributed by atoms with van der Waals surface area (Å²) in [5.41, 5.74) is 1.95. The third kappa shape index (κ3) is 2.22. The third-order valence-electron chi connectivity index (χ3n) is 2.71. The second-order valence-electron chi connectivity index (χ2n) is 4.03. The van der Waals surface area contributed by atoms with Crippen LogP contribution in [-0.4, -0.2) is 18.1 Å². The molecule has 0 fully saturated rings. The van der Waals surface area contributed by atoms with E-state index in [1.54, 1.807) is 6.07 Å². The Balaban J connectivity index is 1.77. The number of halogens is 1. The maximum absolute atomic E-state index is 13.5. The fraction of sp³-hybridized carbons (Fsp3) is 0.154. The summed E-state index contributed by atoms with van der Waals surface area (Å²) in [4.78, 5) is 4.36. The molecule has 18 heavy (non-hydrogen) atoms. The van der Waals surface area contributed by atoms with Gasteiger partial charge in [-0.1, -0.05) is 23.5 Å². The highest BCUT2D eigenvalue weighted by Crippen LogP contribution is 2.28. The Morgan fingerprint density at radius 1 is 1.44 bits per heavy atom. The molecule has 1 aliphatic heterocycles. The van der Waals surface area contributed by atoms with Gasteiger partial charge in [0.2, 0.25) is 0 Å². The molecule has 0 atom stereocenters. The fourth-order valence-electron chi connectivity index (χ4n) is 1.80. The molecule has 3 rings (SSSR count). The lowest BCUT2D eigenvalue weighted by Gasteiger charge is -2.10. The van der Waals surface area contributed by atoms with Crippen LogP contribution in [0.2, 0.25) is 0 Å². The standard InChI is InChI=1S/C13H12FN3S/c14-10-4-1-5-11-12(10)18-13(17-11)16-8-9-3-2-6-15-7-9/h1-6,15H,7-8H2,(H,16,17). The van der Waals surface area contributed by atoms with Gasteiger partial charge in [-0.3, -0.25) is 0 Å². The lowest BCUT2D eigenvalue weighted by molar-refractivity contribution is 0.641. The van der Waals surface area contributed by atoms with Gasteiger partial charge in [0.05, 0.1) is 10.2 Å². The van der Waals surface area contributed by atoms with Crippen LogP contribution in [0.15, 0.2) is 42.1 Å². The minimum Gasteiger partial charge on any atom is -0.387 e. The number of dihydropyridines is 1. The van der Waals surface area contributed by atoms with Gasteiger partial charge in [-0.05, 0) is 30.0 Å². The number of rotatable bonds is 3. The number of benzene rings is 1. The molecule has 0 amide bonds. The molecule has 0 spiro atoms. The van der Waals surface area contributed by atoms with Gasteiger partial charge in [-0.15, -0.1) is 0 Å². The second-order valence-corrected chi connectivity index (χ2v) is 5.02. The predicted octanol–water partition coefficient (Wildman–Crippen LogP) is 2.89. The van der Waals surface area contributed by atoms with Crippen LogP contribution in [0, 0.1) is 5.82 Å². The minimum atomic E-state index is -0.209. The maximum Gasteiger partial charge on any atom is 0.184 e. The van der Waals surface area contributed by atoms with Crippen LogP contribution < -0.4 is 10.6 Å². The van der Waals surface area contributed by atoms with Crippen LogP contribution in [0.4, 0.5) is 9.52 Å². The van der Waals surface area contributed by atoms with Crippen molar-refractivity contribution in [3.63, 3.8) is 0 Å². The Morgan fingerprint density at radius 3 is 3.17 bits per heavy atom. The van der Waals surface area contributed by atoms with Crippen molar-refractivity contribution in [2.45, 2.75) is 0 Å². The van der Waals surface area contributed by atoms with E-state index in [1.165, 1.54) is 23.0 Å². The van der Waals surface area contributed by atoms with Gasteiger partial charge in [0, 0.05) is 13.1 Å². The normalized spacial score (nSPS) is 14.4. The van der Waals surface area contributed by atoms with Gasteiger partial charge in [-0.2, -0.15) is 0 Å². The van der Waals surface area contributed by atoms with Gasteiger partial charge in [0.15, 0.2) is 5.13 Å². The van der Waals surface area contributed by atoms with E-state index in [0.29, 0.717) is 10.2 Å². The number of allylic oxidation sites excluding steroid dienone is 2. The van der Waals surface area contributed by atoms with Gasteiger partial charge < -0.3 is 10.6 Å². The van der Waals surface area contributed by atoms with Crippen LogP contribution in [0.5, 0.6) is 0 Å². The summed E-state index contributed by atoms with van der Waals surface area (Å²) in [5.74, 6) is -0.209. The van der Waals surface area contributed by atoms with Crippen molar-refractivity contribution < 1.29 is 4.39 Å². The Morgan fingerprint density at radius 2 is 2.39 bits per heavy atom. The molecule has 0 unspecified atom stereocenters. The summed E-state index contributed by atoms with van der Waals surface area (Å²) in [6.07, 6.45) is 5.95. The molecule has 0 saturated heterocycles. The summed E-state index contributed by atoms with van der Waals surface area (Å²) in [7, 11) is 0. The molecular weight excluding hydrogens is 249 g/mol. The van der Waals surface area contributed by atoms with Crippen molar-refractivity contribution >= 4 is 26.7 Å². The smallest absolute Gasteiger partial charge is 0.184 e. The van der Waals surface area contributed by atoms with Crippen LogP contribution >= 0.6 is 11.3 Å². The van der Waals surface area contributed by atoms with E-state index in [2.05, 4.69) is 21.7 Å². The van der Waals surface area contributed by atoms with Crippen molar-refractivity contribution in [1.29, 1.82) is 0 Å². The van der Waals surface area contributed by atoms with Crippen molar-refractivity contribution in [3.05, 3.63) is 47.9 Å². The highest BCUT2D eigenvalue weighted by Gasteiger charge is 2.08. The molecule has 2 heterocycles. The number of anilines is 1. The first-order valence-electron chi connectivity index (χ1n) is 5.70. The van der Waals surface area contributed by atoms with E-state index in [4.69, 9.17) is 0 Å². The molecular formula is C13H12FN3S. The first-order chi connectivity index (χ1) is 8.83. The van der Waals surface area contributed by atoms with E-state index in [1.807, 2.05) is 18.3 Å². The molecule has 0 radical (unpaired) electrons. The van der Waals surface area contributed by atoms with Crippen LogP contribution in [-0.2, 0) is 0 Å². The molecule has 2 aromatic rings. The molecule has 2 N–H and O–H groups in total. The van der Waals surface area contributed by atoms with Crippen LogP contribution in [0.1, 0.15) is 0 Å². The fourth-order valence-corrected chi connectivity index (χ4v) is 2.67. The molecule has 3 nitrogen and oxygen atoms in total. The first kappa shape index (κ1) is 11.2. The Bertz CT molecular complexity index is 630. The zero-order chi connectivity index (χ0) is 12.4. The molecule has 0 saturated carbocycles. The molecule has 5 heteroatoms. The number of hydrogen-bond acceptors (Lipinski definition) is 4. The molecule has 0 aliphatic carbocycles. The summed E-state index contributed by atoms with van der Waals surface area (Å²) < 4.78 is 14.1. The molecule has 0 bridgehead atoms. The summed E-state index contributed by atoms with van der Waals surface area (Å²) in [5, 5.41) is 7.13. The molecule has 92 valence electrons. The zero-order valence-electron chi connectivity index (χ0n) is 9.61. The van der Waals surface area contributed by atoms with Crippen molar-refractivity contribution in [2.24, 2.45) is 0 Å². The monoisotopic (exact) mass is 261 g/mol. The molecule has 1 aromatic heterocycles. The average molecular weight is 261 g/mol. The van der Waals surface area contributed by atoms with Gasteiger partial charge in [0.25, 0.3) is 0 Å². The van der Waals surface area contributed by atoms with Crippen molar-refractivity contribution in [3.8, 4) is 0 Å². The number of nitrogens with one attached hydrogen (secondary N) is 2. The topological polar surface area (TPSA) is 37.0 Å². The van der Waals surface area contributed by atoms with E-state index >= 15 is 0 Å². The number of thiazole rings is 1.